The Morgan fingerprint density at radius 2 is 1.93 bits per heavy atom. The first kappa shape index (κ1) is 20.6. The Bertz CT molecular complexity index is 876. The van der Waals surface area contributed by atoms with E-state index in [1.807, 2.05) is 0 Å². The second-order valence-electron chi connectivity index (χ2n) is 6.59. The molecule has 0 aliphatic carbocycles. The number of halogens is 3. The number of aliphatic hydroxyl groups excluding tert-OH is 1. The fraction of sp³-hybridized carbons (Fsp3) is 0.300. The standard InChI is InChI=1S/C20H19Cl2FN2O3/c21-13-5-8-16(22)15(10-13)20(28)25-9-1-2-17(25)19(27)24-11-18(26)12-3-6-14(23)7-4-12/h3-8,10,17-18,26H,1-2,9,11H2,(H,24,27). The molecule has 1 aliphatic heterocycles. The van der Waals surface area contributed by atoms with Crippen molar-refractivity contribution in [3.05, 3.63) is 69.5 Å². The number of benzene rings is 2. The summed E-state index contributed by atoms with van der Waals surface area (Å²) in [5.74, 6) is -1.12. The summed E-state index contributed by atoms with van der Waals surface area (Å²) in [5.41, 5.74) is 0.743. The topological polar surface area (TPSA) is 69.6 Å². The molecule has 0 radical (unpaired) electrons. The van der Waals surface area contributed by atoms with E-state index in [1.165, 1.54) is 35.2 Å². The van der Waals surface area contributed by atoms with Gasteiger partial charge in [0.2, 0.25) is 5.91 Å². The number of nitrogens with zero attached hydrogens (tertiary/aromatic N) is 1. The van der Waals surface area contributed by atoms with Crippen LogP contribution in [0.3, 0.4) is 0 Å². The molecule has 148 valence electrons. The Balaban J connectivity index is 1.65. The summed E-state index contributed by atoms with van der Waals surface area (Å²) >= 11 is 12.1. The average molecular weight is 425 g/mol. The second kappa shape index (κ2) is 8.90. The van der Waals surface area contributed by atoms with E-state index in [0.717, 1.165) is 0 Å². The lowest BCUT2D eigenvalue weighted by molar-refractivity contribution is -0.125. The minimum atomic E-state index is -0.975. The molecular formula is C20H19Cl2FN2O3. The molecule has 1 saturated heterocycles. The van der Waals surface area contributed by atoms with E-state index in [-0.39, 0.29) is 28.9 Å². The normalized spacial score (nSPS) is 17.4. The van der Waals surface area contributed by atoms with Crippen LogP contribution in [0.4, 0.5) is 4.39 Å². The molecule has 3 rings (SSSR count). The maximum absolute atomic E-state index is 13.0. The summed E-state index contributed by atoms with van der Waals surface area (Å²) in [6, 6.07) is 9.37. The molecule has 1 fully saturated rings. The fourth-order valence-corrected chi connectivity index (χ4v) is 3.59. The smallest absolute Gasteiger partial charge is 0.256 e. The highest BCUT2D eigenvalue weighted by atomic mass is 35.5. The van der Waals surface area contributed by atoms with E-state index >= 15 is 0 Å². The van der Waals surface area contributed by atoms with Gasteiger partial charge in [-0.3, -0.25) is 9.59 Å². The molecule has 0 spiro atoms. The van der Waals surface area contributed by atoms with Gasteiger partial charge in [-0.25, -0.2) is 4.39 Å². The molecule has 2 atom stereocenters. The maximum Gasteiger partial charge on any atom is 0.256 e. The molecule has 1 aliphatic rings. The van der Waals surface area contributed by atoms with Crippen molar-refractivity contribution in [3.63, 3.8) is 0 Å². The average Bonchev–Trinajstić information content (AvgIpc) is 3.17. The molecule has 2 aromatic carbocycles. The molecule has 1 heterocycles. The van der Waals surface area contributed by atoms with Crippen molar-refractivity contribution in [2.75, 3.05) is 13.1 Å². The first-order valence-corrected chi connectivity index (χ1v) is 9.59. The van der Waals surface area contributed by atoms with E-state index in [4.69, 9.17) is 23.2 Å². The van der Waals surface area contributed by atoms with Crippen LogP contribution < -0.4 is 5.32 Å². The van der Waals surface area contributed by atoms with Crippen molar-refractivity contribution in [2.45, 2.75) is 25.0 Å². The minimum absolute atomic E-state index is 0.0408. The molecular weight excluding hydrogens is 406 g/mol. The summed E-state index contributed by atoms with van der Waals surface area (Å²) in [7, 11) is 0. The van der Waals surface area contributed by atoms with Crippen LogP contribution in [0.5, 0.6) is 0 Å². The van der Waals surface area contributed by atoms with Crippen molar-refractivity contribution in [3.8, 4) is 0 Å². The lowest BCUT2D eigenvalue weighted by Crippen LogP contribution is -2.46. The van der Waals surface area contributed by atoms with Gasteiger partial charge >= 0.3 is 0 Å². The molecule has 28 heavy (non-hydrogen) atoms. The van der Waals surface area contributed by atoms with E-state index in [0.29, 0.717) is 30.0 Å². The van der Waals surface area contributed by atoms with Crippen LogP contribution in [-0.2, 0) is 4.79 Å². The highest BCUT2D eigenvalue weighted by molar-refractivity contribution is 6.35. The molecule has 5 nitrogen and oxygen atoms in total. The van der Waals surface area contributed by atoms with Gasteiger partial charge < -0.3 is 15.3 Å². The van der Waals surface area contributed by atoms with Crippen LogP contribution in [0, 0.1) is 5.82 Å². The Morgan fingerprint density at radius 3 is 2.64 bits per heavy atom. The van der Waals surface area contributed by atoms with Crippen LogP contribution in [-0.4, -0.2) is 41.0 Å². The lowest BCUT2D eigenvalue weighted by Gasteiger charge is -2.25. The quantitative estimate of drug-likeness (QED) is 0.770. The highest BCUT2D eigenvalue weighted by Gasteiger charge is 2.35. The summed E-state index contributed by atoms with van der Waals surface area (Å²) in [6.07, 6.45) is 0.225. The SMILES string of the molecule is O=C(NCC(O)c1ccc(F)cc1)C1CCCN1C(=O)c1cc(Cl)ccc1Cl. The predicted molar refractivity (Wildman–Crippen MR) is 105 cm³/mol. The number of likely N-dealkylation sites (tertiary alicyclic amines) is 1. The van der Waals surface area contributed by atoms with Gasteiger partial charge in [0, 0.05) is 18.1 Å². The summed E-state index contributed by atoms with van der Waals surface area (Å²) < 4.78 is 13.0. The van der Waals surface area contributed by atoms with Gasteiger partial charge in [-0.2, -0.15) is 0 Å². The molecule has 2 aromatic rings. The molecule has 0 bridgehead atoms. The first-order valence-electron chi connectivity index (χ1n) is 8.84. The van der Waals surface area contributed by atoms with Crippen molar-refractivity contribution in [1.29, 1.82) is 0 Å². The summed E-state index contributed by atoms with van der Waals surface area (Å²) in [6.45, 7) is 0.390. The van der Waals surface area contributed by atoms with E-state index < -0.39 is 18.0 Å². The van der Waals surface area contributed by atoms with E-state index in [1.54, 1.807) is 12.1 Å². The zero-order valence-electron chi connectivity index (χ0n) is 14.9. The van der Waals surface area contributed by atoms with Crippen LogP contribution in [0.15, 0.2) is 42.5 Å². The van der Waals surface area contributed by atoms with Crippen molar-refractivity contribution in [2.24, 2.45) is 0 Å². The number of nitrogens with one attached hydrogen (secondary N) is 1. The second-order valence-corrected chi connectivity index (χ2v) is 7.44. The largest absolute Gasteiger partial charge is 0.387 e. The molecule has 2 N–H and O–H groups in total. The van der Waals surface area contributed by atoms with Gasteiger partial charge in [0.1, 0.15) is 11.9 Å². The Kier molecular flexibility index (Phi) is 6.54. The molecule has 8 heteroatoms. The molecule has 2 unspecified atom stereocenters. The van der Waals surface area contributed by atoms with Gasteiger partial charge in [-0.1, -0.05) is 35.3 Å². The number of carbonyl (C=O) groups is 2. The minimum Gasteiger partial charge on any atom is -0.387 e. The van der Waals surface area contributed by atoms with Gasteiger partial charge in [-0.15, -0.1) is 0 Å². The van der Waals surface area contributed by atoms with Crippen LogP contribution >= 0.6 is 23.2 Å². The molecule has 0 saturated carbocycles. The van der Waals surface area contributed by atoms with Crippen LogP contribution in [0.2, 0.25) is 10.0 Å². The highest BCUT2D eigenvalue weighted by Crippen LogP contribution is 2.26. The van der Waals surface area contributed by atoms with Crippen LogP contribution in [0.1, 0.15) is 34.9 Å². The predicted octanol–water partition coefficient (Wildman–Crippen LogP) is 3.59. The number of rotatable bonds is 5. The van der Waals surface area contributed by atoms with Crippen molar-refractivity contribution < 1.29 is 19.1 Å². The summed E-state index contributed by atoms with van der Waals surface area (Å²) in [4.78, 5) is 26.9. The summed E-state index contributed by atoms with van der Waals surface area (Å²) in [5, 5.41) is 13.5. The Morgan fingerprint density at radius 1 is 1.21 bits per heavy atom. The van der Waals surface area contributed by atoms with Crippen molar-refractivity contribution in [1.82, 2.24) is 10.2 Å². The van der Waals surface area contributed by atoms with Gasteiger partial charge in [0.05, 0.1) is 16.7 Å². The number of hydrogen-bond donors (Lipinski definition) is 2. The molecule has 0 aromatic heterocycles. The maximum atomic E-state index is 13.0. The fourth-order valence-electron chi connectivity index (χ4n) is 3.22. The number of carbonyl (C=O) groups excluding carboxylic acids is 2. The zero-order valence-corrected chi connectivity index (χ0v) is 16.4. The Labute approximate surface area is 172 Å². The van der Waals surface area contributed by atoms with Gasteiger partial charge in [-0.05, 0) is 48.7 Å². The third-order valence-corrected chi connectivity index (χ3v) is 5.26. The van der Waals surface area contributed by atoms with Gasteiger partial charge in [0.25, 0.3) is 5.91 Å². The number of aliphatic hydroxyl groups is 1. The van der Waals surface area contributed by atoms with E-state index in [9.17, 15) is 19.1 Å². The third-order valence-electron chi connectivity index (χ3n) is 4.70. The van der Waals surface area contributed by atoms with E-state index in [2.05, 4.69) is 5.32 Å². The molecule has 2 amide bonds. The third kappa shape index (κ3) is 4.63. The lowest BCUT2D eigenvalue weighted by atomic mass is 10.1. The number of amides is 2. The monoisotopic (exact) mass is 424 g/mol. The Hall–Kier alpha value is -2.15. The van der Waals surface area contributed by atoms with Crippen molar-refractivity contribution >= 4 is 35.0 Å². The first-order chi connectivity index (χ1) is 13.4. The van der Waals surface area contributed by atoms with Crippen LogP contribution in [0.25, 0.3) is 0 Å². The van der Waals surface area contributed by atoms with Gasteiger partial charge in [0.15, 0.2) is 0 Å². The number of hydrogen-bond acceptors (Lipinski definition) is 3. The zero-order chi connectivity index (χ0) is 20.3.